The molecule has 2 fully saturated rings. The summed E-state index contributed by atoms with van der Waals surface area (Å²) in [4.78, 5) is 19.1. The van der Waals surface area contributed by atoms with Gasteiger partial charge >= 0.3 is 6.18 Å². The Kier molecular flexibility index (Phi) is 5.95. The summed E-state index contributed by atoms with van der Waals surface area (Å²) < 4.78 is 50.5. The van der Waals surface area contributed by atoms with Crippen LogP contribution in [0.2, 0.25) is 0 Å². The van der Waals surface area contributed by atoms with E-state index >= 15 is 0 Å². The van der Waals surface area contributed by atoms with Crippen molar-refractivity contribution in [1.29, 1.82) is 0 Å². The predicted molar refractivity (Wildman–Crippen MR) is 113 cm³/mol. The van der Waals surface area contributed by atoms with Crippen LogP contribution in [0.25, 0.3) is 0 Å². The molecule has 0 bridgehead atoms. The number of halogens is 3. The Morgan fingerprint density at radius 2 is 2.03 bits per heavy atom. The lowest BCUT2D eigenvalue weighted by Crippen LogP contribution is -2.44. The van der Waals surface area contributed by atoms with Crippen LogP contribution in [0.3, 0.4) is 0 Å². The molecule has 2 saturated heterocycles. The van der Waals surface area contributed by atoms with Crippen LogP contribution in [0, 0.1) is 0 Å². The SMILES string of the molecule is NC1CCc2c(ncnc2N2CCC[C@@H](Nc3ncc(C(F)(F)F)c(OC4COC4)n3)C2)C1. The number of hydrogen-bond donors (Lipinski definition) is 2. The number of aromatic nitrogens is 4. The van der Waals surface area contributed by atoms with E-state index in [1.54, 1.807) is 6.33 Å². The fourth-order valence-corrected chi connectivity index (χ4v) is 4.45. The molecule has 9 nitrogen and oxygen atoms in total. The van der Waals surface area contributed by atoms with Gasteiger partial charge in [-0.05, 0) is 25.7 Å². The smallest absolute Gasteiger partial charge is 0.423 e. The Morgan fingerprint density at radius 1 is 1.18 bits per heavy atom. The number of rotatable bonds is 5. The fraction of sp³-hybridized carbons (Fsp3) is 0.619. The zero-order valence-corrected chi connectivity index (χ0v) is 18.0. The van der Waals surface area contributed by atoms with Gasteiger partial charge in [-0.3, -0.25) is 0 Å². The lowest BCUT2D eigenvalue weighted by atomic mass is 9.92. The van der Waals surface area contributed by atoms with Crippen molar-refractivity contribution in [2.75, 3.05) is 36.5 Å². The number of hydrogen-bond acceptors (Lipinski definition) is 9. The van der Waals surface area contributed by atoms with Crippen molar-refractivity contribution in [3.63, 3.8) is 0 Å². The minimum absolute atomic E-state index is 0.0492. The first-order chi connectivity index (χ1) is 15.9. The van der Waals surface area contributed by atoms with E-state index in [0.29, 0.717) is 6.54 Å². The molecule has 4 heterocycles. The van der Waals surface area contributed by atoms with Crippen molar-refractivity contribution in [1.82, 2.24) is 19.9 Å². The second-order valence-electron chi connectivity index (χ2n) is 8.74. The lowest BCUT2D eigenvalue weighted by Gasteiger charge is -2.36. The van der Waals surface area contributed by atoms with E-state index in [0.717, 1.165) is 61.9 Å². The molecule has 3 N–H and O–H groups in total. The summed E-state index contributed by atoms with van der Waals surface area (Å²) in [6, 6.07) is 0.0718. The minimum atomic E-state index is -4.60. The van der Waals surface area contributed by atoms with Gasteiger partial charge in [-0.1, -0.05) is 0 Å². The molecule has 0 spiro atoms. The van der Waals surface area contributed by atoms with Crippen LogP contribution in [-0.4, -0.2) is 64.4 Å². The fourth-order valence-electron chi connectivity index (χ4n) is 4.45. The maximum atomic E-state index is 13.4. The standard InChI is InChI=1S/C21H26F3N7O2/c22-21(23,24)16-7-26-20(30-19(16)33-14-9-32-10-14)29-13-2-1-5-31(8-13)18-15-4-3-12(25)6-17(15)27-11-28-18/h7,11-14H,1-6,8-10,25H2,(H,26,29,30)/t12?,13-/m1/s1. The largest absolute Gasteiger partial charge is 0.469 e. The van der Waals surface area contributed by atoms with E-state index in [1.807, 2.05) is 0 Å². The van der Waals surface area contributed by atoms with Crippen LogP contribution in [0.15, 0.2) is 12.5 Å². The molecule has 12 heteroatoms. The van der Waals surface area contributed by atoms with Crippen molar-refractivity contribution in [2.45, 2.75) is 56.5 Å². The molecule has 2 aromatic heterocycles. The molecule has 0 saturated carbocycles. The third-order valence-corrected chi connectivity index (χ3v) is 6.23. The first-order valence-electron chi connectivity index (χ1n) is 11.2. The average Bonchev–Trinajstić information content (AvgIpc) is 2.75. The highest BCUT2D eigenvalue weighted by Crippen LogP contribution is 2.36. The molecule has 0 aromatic carbocycles. The maximum absolute atomic E-state index is 13.4. The number of fused-ring (bicyclic) bond motifs is 1. The summed E-state index contributed by atoms with van der Waals surface area (Å²) in [5, 5.41) is 3.19. The van der Waals surface area contributed by atoms with Gasteiger partial charge in [0.1, 0.15) is 23.8 Å². The number of nitrogens with zero attached hydrogens (tertiary/aromatic N) is 5. The summed E-state index contributed by atoms with van der Waals surface area (Å²) in [5.41, 5.74) is 7.25. The highest BCUT2D eigenvalue weighted by atomic mass is 19.4. The number of piperidine rings is 1. The molecule has 178 valence electrons. The summed E-state index contributed by atoms with van der Waals surface area (Å²) in [7, 11) is 0. The van der Waals surface area contributed by atoms with E-state index in [4.69, 9.17) is 15.2 Å². The monoisotopic (exact) mass is 465 g/mol. The van der Waals surface area contributed by atoms with Crippen molar-refractivity contribution >= 4 is 11.8 Å². The Hall–Kier alpha value is -2.73. The van der Waals surface area contributed by atoms with E-state index in [9.17, 15) is 13.2 Å². The van der Waals surface area contributed by atoms with Gasteiger partial charge in [-0.15, -0.1) is 0 Å². The third kappa shape index (κ3) is 4.81. The van der Waals surface area contributed by atoms with Crippen molar-refractivity contribution in [3.05, 3.63) is 29.3 Å². The molecule has 0 amide bonds. The van der Waals surface area contributed by atoms with Crippen LogP contribution in [0.5, 0.6) is 5.88 Å². The maximum Gasteiger partial charge on any atom is 0.423 e. The Morgan fingerprint density at radius 3 is 2.79 bits per heavy atom. The van der Waals surface area contributed by atoms with Crippen molar-refractivity contribution in [2.24, 2.45) is 5.73 Å². The summed E-state index contributed by atoms with van der Waals surface area (Å²) in [6.07, 6.45) is 1.54. The molecular weight excluding hydrogens is 439 g/mol. The van der Waals surface area contributed by atoms with Crippen LogP contribution >= 0.6 is 0 Å². The number of ether oxygens (including phenoxy) is 2. The second-order valence-corrected chi connectivity index (χ2v) is 8.74. The average molecular weight is 465 g/mol. The highest BCUT2D eigenvalue weighted by Gasteiger charge is 2.38. The Bertz CT molecular complexity index is 1000. The van der Waals surface area contributed by atoms with Gasteiger partial charge in [0, 0.05) is 43.4 Å². The first-order valence-corrected chi connectivity index (χ1v) is 11.2. The van der Waals surface area contributed by atoms with Gasteiger partial charge in [0.25, 0.3) is 0 Å². The summed E-state index contributed by atoms with van der Waals surface area (Å²) >= 11 is 0. The number of alkyl halides is 3. The molecule has 0 radical (unpaired) electrons. The minimum Gasteiger partial charge on any atom is -0.469 e. The Balaban J connectivity index is 1.32. The second kappa shape index (κ2) is 8.90. The van der Waals surface area contributed by atoms with Gasteiger partial charge < -0.3 is 25.4 Å². The van der Waals surface area contributed by atoms with Crippen LogP contribution in [0.4, 0.5) is 24.9 Å². The number of nitrogens with one attached hydrogen (secondary N) is 1. The molecule has 3 aliphatic rings. The Labute approximate surface area is 188 Å². The quantitative estimate of drug-likeness (QED) is 0.684. The normalized spacial score (nSPS) is 23.6. The topological polar surface area (TPSA) is 111 Å². The number of anilines is 2. The molecular formula is C21H26F3N7O2. The van der Waals surface area contributed by atoms with Crippen LogP contribution in [-0.2, 0) is 23.8 Å². The molecule has 2 aliphatic heterocycles. The third-order valence-electron chi connectivity index (χ3n) is 6.23. The zero-order chi connectivity index (χ0) is 23.0. The van der Waals surface area contributed by atoms with Gasteiger partial charge in [0.15, 0.2) is 0 Å². The van der Waals surface area contributed by atoms with Crippen LogP contribution < -0.4 is 20.7 Å². The lowest BCUT2D eigenvalue weighted by molar-refractivity contribution is -0.142. The highest BCUT2D eigenvalue weighted by molar-refractivity contribution is 5.51. The zero-order valence-electron chi connectivity index (χ0n) is 18.0. The first kappa shape index (κ1) is 22.1. The number of nitrogens with two attached hydrogens (primary N) is 1. The van der Waals surface area contributed by atoms with E-state index in [2.05, 4.69) is 30.2 Å². The molecule has 1 aliphatic carbocycles. The summed E-state index contributed by atoms with van der Waals surface area (Å²) in [5.74, 6) is 0.559. The molecule has 2 aromatic rings. The van der Waals surface area contributed by atoms with Gasteiger partial charge in [0.2, 0.25) is 11.8 Å². The van der Waals surface area contributed by atoms with Crippen molar-refractivity contribution < 1.29 is 22.6 Å². The van der Waals surface area contributed by atoms with Gasteiger partial charge in [-0.2, -0.15) is 18.2 Å². The van der Waals surface area contributed by atoms with E-state index < -0.39 is 23.7 Å². The molecule has 1 unspecified atom stereocenters. The van der Waals surface area contributed by atoms with Gasteiger partial charge in [0.05, 0.1) is 18.9 Å². The summed E-state index contributed by atoms with van der Waals surface area (Å²) in [6.45, 7) is 1.97. The van der Waals surface area contributed by atoms with E-state index in [-0.39, 0.29) is 31.2 Å². The van der Waals surface area contributed by atoms with Gasteiger partial charge in [-0.25, -0.2) is 15.0 Å². The molecule has 33 heavy (non-hydrogen) atoms. The van der Waals surface area contributed by atoms with Crippen LogP contribution in [0.1, 0.15) is 36.1 Å². The molecule has 5 rings (SSSR count). The molecule has 2 atom stereocenters. The predicted octanol–water partition coefficient (Wildman–Crippen LogP) is 1.96. The van der Waals surface area contributed by atoms with Crippen molar-refractivity contribution in [3.8, 4) is 5.88 Å². The van der Waals surface area contributed by atoms with E-state index in [1.165, 1.54) is 0 Å².